The molecular formula is C29H34N2O2. The molecule has 2 unspecified atom stereocenters. The van der Waals surface area contributed by atoms with Crippen LogP contribution < -0.4 is 4.74 Å². The fourth-order valence-electron chi connectivity index (χ4n) is 5.42. The van der Waals surface area contributed by atoms with Gasteiger partial charge < -0.3 is 14.2 Å². The predicted molar refractivity (Wildman–Crippen MR) is 131 cm³/mol. The summed E-state index contributed by atoms with van der Waals surface area (Å²) >= 11 is 0. The highest BCUT2D eigenvalue weighted by Gasteiger charge is 2.46. The maximum Gasteiger partial charge on any atom is 0.226 e. The van der Waals surface area contributed by atoms with E-state index in [1.54, 1.807) is 7.11 Å². The van der Waals surface area contributed by atoms with Crippen molar-refractivity contribution >= 4 is 5.91 Å². The molecule has 5 rings (SSSR count). The highest BCUT2D eigenvalue weighted by molar-refractivity contribution is 5.83. The van der Waals surface area contributed by atoms with Crippen LogP contribution in [-0.2, 0) is 17.9 Å². The van der Waals surface area contributed by atoms with Gasteiger partial charge >= 0.3 is 0 Å². The number of carbonyl (C=O) groups excluding carboxylic acids is 1. The standard InChI is InChI=1S/C29H34N2O2/c1-33-26-16-8-10-22(18-26)20-30-17-9-15-25(30)21-31(24-13-6-3-7-14-24)29(32)28-19-27(28)23-11-4-2-5-12-23/h2,4-5,8-12,15-18,24,27-28H,3,6-7,13-14,19-21H2,1H3. The number of rotatable bonds is 8. The molecule has 33 heavy (non-hydrogen) atoms. The fraction of sp³-hybridized carbons (Fsp3) is 0.414. The van der Waals surface area contributed by atoms with Crippen LogP contribution in [0.3, 0.4) is 0 Å². The number of hydrogen-bond acceptors (Lipinski definition) is 2. The summed E-state index contributed by atoms with van der Waals surface area (Å²) in [7, 11) is 1.70. The lowest BCUT2D eigenvalue weighted by molar-refractivity contribution is -0.136. The number of methoxy groups -OCH3 is 1. The summed E-state index contributed by atoms with van der Waals surface area (Å²) in [6.45, 7) is 1.47. The van der Waals surface area contributed by atoms with Crippen molar-refractivity contribution in [3.8, 4) is 5.75 Å². The Labute approximate surface area is 197 Å². The first-order valence-electron chi connectivity index (χ1n) is 12.4. The number of benzene rings is 2. The predicted octanol–water partition coefficient (Wildman–Crippen LogP) is 6.01. The summed E-state index contributed by atoms with van der Waals surface area (Å²) in [4.78, 5) is 16.0. The van der Waals surface area contributed by atoms with E-state index in [9.17, 15) is 4.79 Å². The van der Waals surface area contributed by atoms with Crippen LogP contribution in [0.4, 0.5) is 0 Å². The van der Waals surface area contributed by atoms with Gasteiger partial charge in [0, 0.05) is 30.4 Å². The van der Waals surface area contributed by atoms with Gasteiger partial charge in [-0.1, -0.05) is 61.7 Å². The lowest BCUT2D eigenvalue weighted by atomic mass is 9.93. The Balaban J connectivity index is 1.34. The van der Waals surface area contributed by atoms with Crippen molar-refractivity contribution < 1.29 is 9.53 Å². The molecule has 1 heterocycles. The number of carbonyl (C=O) groups is 1. The first-order valence-corrected chi connectivity index (χ1v) is 12.4. The molecule has 0 bridgehead atoms. The number of nitrogens with zero attached hydrogens (tertiary/aromatic N) is 2. The molecule has 1 amide bonds. The molecule has 0 aliphatic heterocycles. The van der Waals surface area contributed by atoms with Crippen LogP contribution in [-0.4, -0.2) is 28.5 Å². The van der Waals surface area contributed by atoms with Crippen LogP contribution in [0, 0.1) is 5.92 Å². The van der Waals surface area contributed by atoms with Gasteiger partial charge in [0.2, 0.25) is 5.91 Å². The summed E-state index contributed by atoms with van der Waals surface area (Å²) in [5.41, 5.74) is 3.71. The van der Waals surface area contributed by atoms with E-state index in [0.29, 0.717) is 24.4 Å². The van der Waals surface area contributed by atoms with Gasteiger partial charge in [-0.15, -0.1) is 0 Å². The lowest BCUT2D eigenvalue weighted by Crippen LogP contribution is -2.42. The second kappa shape index (κ2) is 9.86. The van der Waals surface area contributed by atoms with Crippen molar-refractivity contribution in [2.45, 2.75) is 63.6 Å². The summed E-state index contributed by atoms with van der Waals surface area (Å²) in [6, 6.07) is 23.4. The van der Waals surface area contributed by atoms with Crippen LogP contribution in [0.2, 0.25) is 0 Å². The molecule has 2 atom stereocenters. The molecule has 4 nitrogen and oxygen atoms in total. The summed E-state index contributed by atoms with van der Waals surface area (Å²) in [6.07, 6.45) is 9.12. The van der Waals surface area contributed by atoms with Crippen molar-refractivity contribution in [3.63, 3.8) is 0 Å². The third-order valence-electron chi connectivity index (χ3n) is 7.38. The van der Waals surface area contributed by atoms with E-state index in [-0.39, 0.29) is 5.92 Å². The van der Waals surface area contributed by atoms with Gasteiger partial charge in [0.1, 0.15) is 5.75 Å². The molecule has 0 N–H and O–H groups in total. The van der Waals surface area contributed by atoms with Crippen LogP contribution in [0.25, 0.3) is 0 Å². The Morgan fingerprint density at radius 1 is 1.00 bits per heavy atom. The molecule has 4 heteroatoms. The van der Waals surface area contributed by atoms with Crippen molar-refractivity contribution in [2.24, 2.45) is 5.92 Å². The monoisotopic (exact) mass is 442 g/mol. The first kappa shape index (κ1) is 21.8. The Morgan fingerprint density at radius 2 is 1.82 bits per heavy atom. The SMILES string of the molecule is COc1cccc(Cn2cccc2CN(C(=O)C2CC2c2ccccc2)C2CCCCC2)c1. The average Bonchev–Trinajstić information content (AvgIpc) is 3.56. The minimum Gasteiger partial charge on any atom is -0.497 e. The van der Waals surface area contributed by atoms with Crippen LogP contribution in [0.1, 0.15) is 61.3 Å². The molecule has 3 aromatic rings. The second-order valence-corrected chi connectivity index (χ2v) is 9.60. The van der Waals surface area contributed by atoms with Crippen LogP contribution in [0.15, 0.2) is 72.9 Å². The first-order chi connectivity index (χ1) is 16.2. The third-order valence-corrected chi connectivity index (χ3v) is 7.38. The Morgan fingerprint density at radius 3 is 2.61 bits per heavy atom. The van der Waals surface area contributed by atoms with Crippen molar-refractivity contribution in [2.75, 3.05) is 7.11 Å². The fourth-order valence-corrected chi connectivity index (χ4v) is 5.42. The number of ether oxygens (including phenoxy) is 1. The maximum absolute atomic E-state index is 13.8. The van der Waals surface area contributed by atoms with E-state index in [1.165, 1.54) is 36.1 Å². The molecule has 0 radical (unpaired) electrons. The molecule has 0 saturated heterocycles. The van der Waals surface area contributed by atoms with Gasteiger partial charge in [0.05, 0.1) is 13.7 Å². The van der Waals surface area contributed by atoms with Gasteiger partial charge in [0.15, 0.2) is 0 Å². The normalized spacial score (nSPS) is 20.4. The Kier molecular flexibility index (Phi) is 6.52. The minimum atomic E-state index is 0.135. The van der Waals surface area contributed by atoms with Crippen molar-refractivity contribution in [1.29, 1.82) is 0 Å². The smallest absolute Gasteiger partial charge is 0.226 e. The van der Waals surface area contributed by atoms with E-state index in [2.05, 4.69) is 64.2 Å². The average molecular weight is 443 g/mol. The van der Waals surface area contributed by atoms with Gasteiger partial charge in [0.25, 0.3) is 0 Å². The highest BCUT2D eigenvalue weighted by Crippen LogP contribution is 2.49. The van der Waals surface area contributed by atoms with Gasteiger partial charge in [-0.3, -0.25) is 4.79 Å². The van der Waals surface area contributed by atoms with Crippen LogP contribution in [0.5, 0.6) is 5.75 Å². The maximum atomic E-state index is 13.8. The Hall–Kier alpha value is -3.01. The molecule has 1 aromatic heterocycles. The summed E-state index contributed by atoms with van der Waals surface area (Å²) in [5, 5.41) is 0. The topological polar surface area (TPSA) is 34.5 Å². The second-order valence-electron chi connectivity index (χ2n) is 9.60. The van der Waals surface area contributed by atoms with E-state index in [4.69, 9.17) is 4.74 Å². The lowest BCUT2D eigenvalue weighted by Gasteiger charge is -2.35. The number of hydrogen-bond donors (Lipinski definition) is 0. The molecular weight excluding hydrogens is 408 g/mol. The quantitative estimate of drug-likeness (QED) is 0.428. The molecule has 2 aromatic carbocycles. The van der Waals surface area contributed by atoms with E-state index >= 15 is 0 Å². The number of aromatic nitrogens is 1. The highest BCUT2D eigenvalue weighted by atomic mass is 16.5. The molecule has 0 spiro atoms. The Bertz CT molecular complexity index is 1070. The molecule has 172 valence electrons. The number of amides is 1. The molecule has 2 aliphatic carbocycles. The molecule has 2 fully saturated rings. The largest absolute Gasteiger partial charge is 0.497 e. The van der Waals surface area contributed by atoms with Gasteiger partial charge in [-0.05, 0) is 60.6 Å². The van der Waals surface area contributed by atoms with E-state index in [0.717, 1.165) is 31.6 Å². The molecule has 2 aliphatic rings. The zero-order chi connectivity index (χ0) is 22.6. The summed E-state index contributed by atoms with van der Waals surface area (Å²) in [5.74, 6) is 1.75. The van der Waals surface area contributed by atoms with Gasteiger partial charge in [-0.2, -0.15) is 0 Å². The minimum absolute atomic E-state index is 0.135. The van der Waals surface area contributed by atoms with Crippen LogP contribution >= 0.6 is 0 Å². The molecule has 2 saturated carbocycles. The third kappa shape index (κ3) is 5.00. The van der Waals surface area contributed by atoms with Crippen molar-refractivity contribution in [1.82, 2.24) is 9.47 Å². The zero-order valence-corrected chi connectivity index (χ0v) is 19.5. The van der Waals surface area contributed by atoms with E-state index < -0.39 is 0 Å². The summed E-state index contributed by atoms with van der Waals surface area (Å²) < 4.78 is 7.67. The van der Waals surface area contributed by atoms with E-state index in [1.807, 2.05) is 18.2 Å². The van der Waals surface area contributed by atoms with Crippen molar-refractivity contribution in [3.05, 3.63) is 89.7 Å². The van der Waals surface area contributed by atoms with Gasteiger partial charge in [-0.25, -0.2) is 0 Å². The zero-order valence-electron chi connectivity index (χ0n) is 19.5.